The first-order valence-corrected chi connectivity index (χ1v) is 15.1. The molecule has 0 spiro atoms. The summed E-state index contributed by atoms with van der Waals surface area (Å²) in [4.78, 5) is 18.2. The fourth-order valence-corrected chi connectivity index (χ4v) is 6.53. The van der Waals surface area contributed by atoms with Crippen molar-refractivity contribution >= 4 is 38.7 Å². The number of nitrogens with one attached hydrogen (secondary N) is 2. The Balaban J connectivity index is 1.35. The molecule has 2 unspecified atom stereocenters. The Morgan fingerprint density at radius 3 is 2.61 bits per heavy atom. The number of aromatic nitrogens is 1. The zero-order valence-electron chi connectivity index (χ0n) is 25.1. The van der Waals surface area contributed by atoms with Gasteiger partial charge in [0.2, 0.25) is 0 Å². The minimum Gasteiger partial charge on any atom is -0.450 e. The molecule has 4 aromatic carbocycles. The maximum Gasteiger partial charge on any atom is 0.197 e. The van der Waals surface area contributed by atoms with Crippen molar-refractivity contribution in [1.82, 2.24) is 9.47 Å². The number of ether oxygens (including phenoxy) is 1. The van der Waals surface area contributed by atoms with Gasteiger partial charge in [-0.05, 0) is 74.6 Å². The zero-order chi connectivity index (χ0) is 30.5. The number of hydrogen-bond acceptors (Lipinski definition) is 7. The number of halogens is 1. The number of aliphatic hydroxyl groups is 1. The average Bonchev–Trinajstić information content (AvgIpc) is 3.43. The second-order valence-electron chi connectivity index (χ2n) is 12.0. The van der Waals surface area contributed by atoms with Crippen molar-refractivity contribution in [2.45, 2.75) is 31.5 Å². The van der Waals surface area contributed by atoms with E-state index >= 15 is 4.39 Å². The number of benzene rings is 4. The maximum atomic E-state index is 16.0. The van der Waals surface area contributed by atoms with Crippen LogP contribution in [0.3, 0.4) is 0 Å². The van der Waals surface area contributed by atoms with Crippen molar-refractivity contribution in [2.24, 2.45) is 0 Å². The summed E-state index contributed by atoms with van der Waals surface area (Å²) in [5.41, 5.74) is 2.69. The van der Waals surface area contributed by atoms with Gasteiger partial charge >= 0.3 is 0 Å². The van der Waals surface area contributed by atoms with Gasteiger partial charge in [-0.3, -0.25) is 4.79 Å². The van der Waals surface area contributed by atoms with Gasteiger partial charge in [0.15, 0.2) is 29.0 Å². The van der Waals surface area contributed by atoms with Gasteiger partial charge in [-0.15, -0.1) is 0 Å². The normalized spacial score (nSPS) is 16.5. The predicted molar refractivity (Wildman–Crippen MR) is 175 cm³/mol. The molecule has 0 amide bonds. The second-order valence-corrected chi connectivity index (χ2v) is 12.0. The molecule has 3 heterocycles. The Labute approximate surface area is 255 Å². The molecule has 5 aromatic rings. The molecular weight excluding hydrogens is 557 g/mol. The summed E-state index contributed by atoms with van der Waals surface area (Å²) in [5.74, 6) is 0.268. The van der Waals surface area contributed by atoms with E-state index in [1.165, 1.54) is 12.5 Å². The lowest BCUT2D eigenvalue weighted by atomic mass is 10.0. The SMILES string of the molecule is CN(C)c1ccc(NC(O)c2cn3c4c(c(NCCC5CCCN5C)c(F)cc4c2=O)Oc2c-3ccc3ccccc23)cc1. The highest BCUT2D eigenvalue weighted by atomic mass is 19.1. The second kappa shape index (κ2) is 11.2. The molecule has 3 N–H and O–H groups in total. The van der Waals surface area contributed by atoms with E-state index in [4.69, 9.17) is 4.74 Å². The first-order valence-electron chi connectivity index (χ1n) is 15.1. The lowest BCUT2D eigenvalue weighted by Gasteiger charge is -2.28. The molecule has 9 heteroatoms. The maximum absolute atomic E-state index is 16.0. The minimum absolute atomic E-state index is 0.102. The summed E-state index contributed by atoms with van der Waals surface area (Å²) in [6.45, 7) is 1.64. The van der Waals surface area contributed by atoms with Crippen LogP contribution in [-0.4, -0.2) is 54.8 Å². The molecule has 2 aliphatic rings. The van der Waals surface area contributed by atoms with Gasteiger partial charge in [-0.25, -0.2) is 4.39 Å². The van der Waals surface area contributed by atoms with E-state index in [1.54, 1.807) is 6.20 Å². The lowest BCUT2D eigenvalue weighted by molar-refractivity contribution is 0.206. The molecular formula is C35H36FN5O3. The smallest absolute Gasteiger partial charge is 0.197 e. The number of anilines is 3. The Morgan fingerprint density at radius 2 is 1.86 bits per heavy atom. The molecule has 1 saturated heterocycles. The van der Waals surface area contributed by atoms with Crippen LogP contribution in [-0.2, 0) is 0 Å². The molecule has 44 heavy (non-hydrogen) atoms. The third-order valence-electron chi connectivity index (χ3n) is 8.98. The van der Waals surface area contributed by atoms with Crippen molar-refractivity contribution in [3.8, 4) is 17.2 Å². The van der Waals surface area contributed by atoms with Gasteiger partial charge in [0.1, 0.15) is 11.2 Å². The predicted octanol–water partition coefficient (Wildman–Crippen LogP) is 6.45. The highest BCUT2D eigenvalue weighted by Crippen LogP contribution is 2.48. The van der Waals surface area contributed by atoms with Gasteiger partial charge < -0.3 is 34.8 Å². The zero-order valence-corrected chi connectivity index (χ0v) is 25.1. The summed E-state index contributed by atoms with van der Waals surface area (Å²) in [6, 6.07) is 21.0. The Bertz CT molecular complexity index is 1940. The van der Waals surface area contributed by atoms with E-state index in [2.05, 4.69) is 22.6 Å². The quantitative estimate of drug-likeness (QED) is 0.175. The van der Waals surface area contributed by atoms with Crippen molar-refractivity contribution in [3.05, 3.63) is 94.5 Å². The summed E-state index contributed by atoms with van der Waals surface area (Å²) in [7, 11) is 6.03. The molecule has 2 atom stereocenters. The molecule has 1 aromatic heterocycles. The lowest BCUT2D eigenvalue weighted by Crippen LogP contribution is -2.27. The summed E-state index contributed by atoms with van der Waals surface area (Å²) < 4.78 is 24.4. The average molecular weight is 594 g/mol. The van der Waals surface area contributed by atoms with Crippen molar-refractivity contribution in [1.29, 1.82) is 0 Å². The highest BCUT2D eigenvalue weighted by Gasteiger charge is 2.30. The van der Waals surface area contributed by atoms with E-state index in [0.29, 0.717) is 35.2 Å². The van der Waals surface area contributed by atoms with Crippen LogP contribution in [0.5, 0.6) is 11.5 Å². The van der Waals surface area contributed by atoms with Crippen LogP contribution in [0.2, 0.25) is 0 Å². The monoisotopic (exact) mass is 593 g/mol. The Hall–Kier alpha value is -4.60. The van der Waals surface area contributed by atoms with Crippen LogP contribution < -0.4 is 25.7 Å². The molecule has 0 bridgehead atoms. The number of fused-ring (bicyclic) bond motifs is 4. The van der Waals surface area contributed by atoms with Gasteiger partial charge in [0.05, 0.1) is 16.6 Å². The van der Waals surface area contributed by atoms with Crippen LogP contribution in [0.25, 0.3) is 27.4 Å². The largest absolute Gasteiger partial charge is 0.450 e. The third-order valence-corrected chi connectivity index (χ3v) is 8.98. The summed E-state index contributed by atoms with van der Waals surface area (Å²) >= 11 is 0. The number of nitrogens with zero attached hydrogens (tertiary/aromatic N) is 3. The fraction of sp³-hybridized carbons (Fsp3) is 0.286. The first-order chi connectivity index (χ1) is 21.3. The highest BCUT2D eigenvalue weighted by molar-refractivity contribution is 5.99. The Kier molecular flexibility index (Phi) is 7.14. The molecule has 2 aliphatic heterocycles. The number of likely N-dealkylation sites (tertiary alicyclic amines) is 1. The van der Waals surface area contributed by atoms with Crippen molar-refractivity contribution in [2.75, 3.05) is 49.8 Å². The summed E-state index contributed by atoms with van der Waals surface area (Å²) in [5, 5.41) is 19.6. The van der Waals surface area contributed by atoms with E-state index in [9.17, 15) is 9.90 Å². The molecule has 0 radical (unpaired) electrons. The van der Waals surface area contributed by atoms with E-state index in [1.807, 2.05) is 84.2 Å². The number of pyridine rings is 1. The van der Waals surface area contributed by atoms with Gasteiger partial charge in [-0.2, -0.15) is 0 Å². The van der Waals surface area contributed by atoms with E-state index in [-0.39, 0.29) is 22.4 Å². The van der Waals surface area contributed by atoms with E-state index in [0.717, 1.165) is 35.8 Å². The van der Waals surface area contributed by atoms with Crippen molar-refractivity contribution in [3.63, 3.8) is 0 Å². The third kappa shape index (κ3) is 4.82. The van der Waals surface area contributed by atoms with Gasteiger partial charge in [0.25, 0.3) is 0 Å². The molecule has 0 aliphatic carbocycles. The summed E-state index contributed by atoms with van der Waals surface area (Å²) in [6.07, 6.45) is 3.47. The number of hydrogen-bond donors (Lipinski definition) is 3. The van der Waals surface area contributed by atoms with Gasteiger partial charge in [0, 0.05) is 49.6 Å². The standard InChI is InChI=1S/C35H36FN5O3/c1-39(2)23-13-11-22(12-14-23)38-35(43)27-20-41-29-15-10-21-7-4-5-9-25(21)33(29)44-34-30(28(36)19-26(31(34)41)32(27)42)37-17-16-24-8-6-18-40(24)3/h4-5,7,9-15,19-20,24,35,37-38,43H,6,8,16-18H2,1-3H3. The number of rotatable bonds is 8. The Morgan fingerprint density at radius 1 is 1.07 bits per heavy atom. The molecule has 1 fully saturated rings. The van der Waals surface area contributed by atoms with Gasteiger partial charge in [-0.1, -0.05) is 30.3 Å². The van der Waals surface area contributed by atoms with Crippen LogP contribution in [0.15, 0.2) is 77.7 Å². The topological polar surface area (TPSA) is 82.0 Å². The van der Waals surface area contributed by atoms with Crippen LogP contribution in [0.1, 0.15) is 31.1 Å². The number of aliphatic hydroxyl groups excluding tert-OH is 1. The molecule has 0 saturated carbocycles. The minimum atomic E-state index is -1.33. The first kappa shape index (κ1) is 28.2. The molecule has 8 nitrogen and oxygen atoms in total. The molecule has 226 valence electrons. The van der Waals surface area contributed by atoms with Crippen LogP contribution in [0, 0.1) is 5.82 Å². The van der Waals surface area contributed by atoms with Crippen molar-refractivity contribution < 1.29 is 14.2 Å². The van der Waals surface area contributed by atoms with Crippen LogP contribution >= 0.6 is 0 Å². The van der Waals surface area contributed by atoms with E-state index < -0.39 is 17.5 Å². The van der Waals surface area contributed by atoms with Crippen LogP contribution in [0.4, 0.5) is 21.5 Å². The fourth-order valence-electron chi connectivity index (χ4n) is 6.53. The molecule has 7 rings (SSSR count).